The van der Waals surface area contributed by atoms with Gasteiger partial charge >= 0.3 is 0 Å². The minimum absolute atomic E-state index is 0.219. The predicted octanol–water partition coefficient (Wildman–Crippen LogP) is 5.84. The molecule has 0 spiro atoms. The van der Waals surface area contributed by atoms with Gasteiger partial charge in [0.25, 0.3) is 0 Å². The highest BCUT2D eigenvalue weighted by Gasteiger charge is 2.53. The van der Waals surface area contributed by atoms with Gasteiger partial charge in [0.2, 0.25) is 0 Å². The van der Waals surface area contributed by atoms with Crippen LogP contribution in [0.5, 0.6) is 0 Å². The molecule has 136 valence electrons. The van der Waals surface area contributed by atoms with Crippen LogP contribution in [0, 0.1) is 12.8 Å². The zero-order chi connectivity index (χ0) is 18.8. The first-order valence-corrected chi connectivity index (χ1v) is 10.3. The number of benzene rings is 2. The average molecular weight is 348 g/mol. The molecular formula is C24H30N2. The second-order valence-corrected chi connectivity index (χ2v) is 8.37. The Balaban J connectivity index is 1.66. The highest BCUT2D eigenvalue weighted by molar-refractivity contribution is 5.58. The van der Waals surface area contributed by atoms with Crippen molar-refractivity contribution in [3.63, 3.8) is 0 Å². The Morgan fingerprint density at radius 2 is 1.58 bits per heavy atom. The molecule has 3 aliphatic rings. The Hall–Kier alpha value is -1.80. The van der Waals surface area contributed by atoms with E-state index in [1.54, 1.807) is 0 Å². The number of rotatable bonds is 2. The molecule has 2 aliphatic heterocycles. The van der Waals surface area contributed by atoms with E-state index in [0.29, 0.717) is 18.0 Å². The van der Waals surface area contributed by atoms with Gasteiger partial charge in [-0.3, -0.25) is 4.90 Å². The van der Waals surface area contributed by atoms with Crippen LogP contribution in [-0.4, -0.2) is 17.1 Å². The summed E-state index contributed by atoms with van der Waals surface area (Å²) in [5.74, 6) is 0.440. The highest BCUT2D eigenvalue weighted by Crippen LogP contribution is 2.56. The Labute approximate surface area is 159 Å². The molecule has 0 aromatic heterocycles. The molecule has 26 heavy (non-hydrogen) atoms. The summed E-state index contributed by atoms with van der Waals surface area (Å²) in [4.78, 5) is 5.11. The lowest BCUT2D eigenvalue weighted by atomic mass is 9.90. The smallest absolute Gasteiger partial charge is 0.0807 e. The van der Waals surface area contributed by atoms with E-state index in [9.17, 15) is 1.37 Å². The molecule has 4 atom stereocenters. The first-order valence-electron chi connectivity index (χ1n) is 10.8. The lowest BCUT2D eigenvalue weighted by Gasteiger charge is -2.36. The molecule has 2 fully saturated rings. The van der Waals surface area contributed by atoms with Crippen LogP contribution in [0.25, 0.3) is 0 Å². The molecule has 0 bridgehead atoms. The summed E-state index contributed by atoms with van der Waals surface area (Å²) in [5.41, 5.74) is 5.29. The molecule has 5 rings (SSSR count). The number of anilines is 1. The molecule has 2 heteroatoms. The molecule has 2 heterocycles. The number of nitrogens with zero attached hydrogens (tertiary/aromatic N) is 2. The molecule has 0 amide bonds. The fraction of sp³-hybridized carbons (Fsp3) is 0.500. The van der Waals surface area contributed by atoms with Crippen LogP contribution in [0.15, 0.2) is 48.5 Å². The number of aryl methyl sites for hydroxylation is 1. The summed E-state index contributed by atoms with van der Waals surface area (Å²) in [6.07, 6.45) is 5.14. The quantitative estimate of drug-likeness (QED) is 0.673. The van der Waals surface area contributed by atoms with Crippen molar-refractivity contribution in [1.82, 2.24) is 4.90 Å². The van der Waals surface area contributed by atoms with Gasteiger partial charge in [-0.25, -0.2) is 0 Å². The summed E-state index contributed by atoms with van der Waals surface area (Å²) < 4.78 is 9.81. The maximum Gasteiger partial charge on any atom is 0.0807 e. The summed E-state index contributed by atoms with van der Waals surface area (Å²) in [5, 5.41) is 0. The zero-order valence-electron chi connectivity index (χ0n) is 17.2. The molecule has 1 aliphatic carbocycles. The van der Waals surface area contributed by atoms with E-state index in [1.807, 2.05) is 0 Å². The van der Waals surface area contributed by atoms with Crippen molar-refractivity contribution in [1.29, 1.82) is 0 Å². The molecule has 0 radical (unpaired) electrons. The largest absolute Gasteiger partial charge is 0.351 e. The van der Waals surface area contributed by atoms with Gasteiger partial charge in [-0.2, -0.15) is 0 Å². The van der Waals surface area contributed by atoms with E-state index in [1.165, 1.54) is 48.1 Å². The van der Waals surface area contributed by atoms with E-state index in [4.69, 9.17) is 0 Å². The number of para-hydroxylation sites is 1. The minimum atomic E-state index is -0.594. The van der Waals surface area contributed by atoms with Crippen molar-refractivity contribution in [2.45, 2.75) is 70.7 Å². The predicted molar refractivity (Wildman–Crippen MR) is 108 cm³/mol. The van der Waals surface area contributed by atoms with Crippen molar-refractivity contribution in [2.24, 2.45) is 5.92 Å². The first kappa shape index (κ1) is 15.3. The van der Waals surface area contributed by atoms with Crippen LogP contribution in [0.3, 0.4) is 0 Å². The van der Waals surface area contributed by atoms with Gasteiger partial charge in [-0.1, -0.05) is 55.3 Å². The minimum Gasteiger partial charge on any atom is -0.351 e. The van der Waals surface area contributed by atoms with E-state index in [-0.39, 0.29) is 6.17 Å². The van der Waals surface area contributed by atoms with Gasteiger partial charge in [0, 0.05) is 17.7 Å². The fourth-order valence-corrected chi connectivity index (χ4v) is 5.88. The Morgan fingerprint density at radius 3 is 2.31 bits per heavy atom. The number of fused-ring (bicyclic) bond motifs is 3. The molecule has 2 aromatic carbocycles. The Kier molecular flexibility index (Phi) is 3.60. The lowest BCUT2D eigenvalue weighted by molar-refractivity contribution is 0.115. The van der Waals surface area contributed by atoms with Crippen LogP contribution in [0.4, 0.5) is 5.69 Å². The lowest BCUT2D eigenvalue weighted by Crippen LogP contribution is -2.40. The third-order valence-electron chi connectivity index (χ3n) is 6.97. The van der Waals surface area contributed by atoms with Gasteiger partial charge in [0.15, 0.2) is 0 Å². The summed E-state index contributed by atoms with van der Waals surface area (Å²) in [7, 11) is 0. The first-order chi connectivity index (χ1) is 13.0. The average Bonchev–Trinajstić information content (AvgIpc) is 3.35. The van der Waals surface area contributed by atoms with Crippen molar-refractivity contribution < 1.29 is 1.37 Å². The van der Waals surface area contributed by atoms with Crippen molar-refractivity contribution >= 4 is 5.69 Å². The van der Waals surface area contributed by atoms with Crippen LogP contribution in [0.1, 0.15) is 69.7 Å². The van der Waals surface area contributed by atoms with E-state index < -0.39 is 6.02 Å². The van der Waals surface area contributed by atoms with Gasteiger partial charge in [0.05, 0.1) is 13.6 Å². The van der Waals surface area contributed by atoms with E-state index in [0.717, 1.165) is 0 Å². The van der Waals surface area contributed by atoms with Gasteiger partial charge in [0.1, 0.15) is 0 Å². The topological polar surface area (TPSA) is 6.48 Å². The number of hydrogen-bond donors (Lipinski definition) is 0. The van der Waals surface area contributed by atoms with Gasteiger partial charge < -0.3 is 4.90 Å². The maximum atomic E-state index is 9.81. The summed E-state index contributed by atoms with van der Waals surface area (Å²) >= 11 is 0. The van der Waals surface area contributed by atoms with Crippen LogP contribution < -0.4 is 4.90 Å². The van der Waals surface area contributed by atoms with E-state index >= 15 is 0 Å². The Bertz CT molecular complexity index is 859. The normalized spacial score (nSPS) is 34.8. The zero-order valence-corrected chi connectivity index (χ0v) is 16.2. The standard InChI is InChI=1S/C24H30N2/c1-16-10-4-9-15-22(16)25-17(2)23-20-13-7-8-14-21(20)24(26(23)18(25)3)19-11-5-6-12-19/h4,7-10,13-15,17-19,23-24H,5-6,11-12H2,1-3H3/t17-,18?,23?,24?/m0/s1/i24D. The van der Waals surface area contributed by atoms with Crippen LogP contribution in [0.2, 0.25) is 0 Å². The monoisotopic (exact) mass is 347 g/mol. The number of hydrogen-bond acceptors (Lipinski definition) is 2. The molecule has 3 unspecified atom stereocenters. The second kappa shape index (κ2) is 6.13. The highest BCUT2D eigenvalue weighted by atomic mass is 15.5. The van der Waals surface area contributed by atoms with E-state index in [2.05, 4.69) is 79.1 Å². The van der Waals surface area contributed by atoms with Crippen molar-refractivity contribution in [2.75, 3.05) is 4.90 Å². The second-order valence-electron chi connectivity index (χ2n) is 8.37. The molecule has 1 saturated carbocycles. The summed E-state index contributed by atoms with van der Waals surface area (Å²) in [6.45, 7) is 6.87. The molecule has 0 N–H and O–H groups in total. The molecule has 1 saturated heterocycles. The summed E-state index contributed by atoms with van der Waals surface area (Å²) in [6, 6.07) is 17.6. The molecule has 2 aromatic rings. The maximum absolute atomic E-state index is 9.81. The van der Waals surface area contributed by atoms with Crippen molar-refractivity contribution in [3.05, 3.63) is 65.2 Å². The van der Waals surface area contributed by atoms with Crippen molar-refractivity contribution in [3.8, 4) is 0 Å². The van der Waals surface area contributed by atoms with Gasteiger partial charge in [-0.15, -0.1) is 0 Å². The molecule has 2 nitrogen and oxygen atoms in total. The molecular weight excluding hydrogens is 316 g/mol. The van der Waals surface area contributed by atoms with Gasteiger partial charge in [-0.05, 0) is 62.3 Å². The van der Waals surface area contributed by atoms with Crippen LogP contribution in [-0.2, 0) is 0 Å². The third-order valence-corrected chi connectivity index (χ3v) is 6.97. The third kappa shape index (κ3) is 2.21. The fourth-order valence-electron chi connectivity index (χ4n) is 5.88. The van der Waals surface area contributed by atoms with Crippen LogP contribution >= 0.6 is 0 Å². The Morgan fingerprint density at radius 1 is 0.923 bits per heavy atom. The SMILES string of the molecule is [2H]C1(C2CCCC2)c2ccccc2C2[C@H](C)N(c3ccccc3C)C(C)N21.